The minimum absolute atomic E-state index is 0.884. The number of benzene rings is 1. The van der Waals surface area contributed by atoms with E-state index in [4.69, 9.17) is 0 Å². The normalized spacial score (nSPS) is 13.7. The third-order valence-corrected chi connectivity index (χ3v) is 3.69. The van der Waals surface area contributed by atoms with Gasteiger partial charge in [0.05, 0.1) is 0 Å². The molecule has 3 nitrogen and oxygen atoms in total. The van der Waals surface area contributed by atoms with Crippen LogP contribution in [0.25, 0.3) is 0 Å². The lowest BCUT2D eigenvalue weighted by Gasteiger charge is -2.20. The third kappa shape index (κ3) is 2.55. The van der Waals surface area contributed by atoms with Crippen LogP contribution in [0.3, 0.4) is 0 Å². The second-order valence-corrected chi connectivity index (χ2v) is 4.96. The average molecular weight is 253 g/mol. The predicted octanol–water partition coefficient (Wildman–Crippen LogP) is 3.75. The molecule has 0 atom stereocenters. The van der Waals surface area contributed by atoms with Gasteiger partial charge in [-0.05, 0) is 48.9 Å². The molecule has 0 amide bonds. The number of pyridine rings is 1. The number of nitrogens with zero attached hydrogens (tertiary/aromatic N) is 1. The van der Waals surface area contributed by atoms with Gasteiger partial charge in [0.25, 0.3) is 0 Å². The first kappa shape index (κ1) is 12.0. The van der Waals surface area contributed by atoms with Gasteiger partial charge in [0, 0.05) is 30.7 Å². The Bertz CT molecular complexity index is 578. The van der Waals surface area contributed by atoms with E-state index in [0.717, 1.165) is 11.5 Å². The quantitative estimate of drug-likeness (QED) is 0.874. The summed E-state index contributed by atoms with van der Waals surface area (Å²) in [6, 6.07) is 10.6. The zero-order valence-corrected chi connectivity index (χ0v) is 11.2. The molecule has 0 fully saturated rings. The lowest BCUT2D eigenvalue weighted by atomic mass is 9.90. The van der Waals surface area contributed by atoms with Crippen LogP contribution in [-0.4, -0.2) is 12.0 Å². The third-order valence-electron chi connectivity index (χ3n) is 3.69. The highest BCUT2D eigenvalue weighted by atomic mass is 15.0. The van der Waals surface area contributed by atoms with E-state index >= 15 is 0 Å². The van der Waals surface area contributed by atoms with Gasteiger partial charge in [0.1, 0.15) is 5.82 Å². The van der Waals surface area contributed by atoms with Gasteiger partial charge in [0.15, 0.2) is 0 Å². The van der Waals surface area contributed by atoms with Crippen LogP contribution in [0.4, 0.5) is 17.2 Å². The Morgan fingerprint density at radius 2 is 2.00 bits per heavy atom. The van der Waals surface area contributed by atoms with E-state index in [1.165, 1.54) is 42.5 Å². The fourth-order valence-corrected chi connectivity index (χ4v) is 2.70. The smallest absolute Gasteiger partial charge is 0.127 e. The lowest BCUT2D eigenvalue weighted by molar-refractivity contribution is 0.687. The van der Waals surface area contributed by atoms with Crippen molar-refractivity contribution in [2.45, 2.75) is 25.7 Å². The molecule has 19 heavy (non-hydrogen) atoms. The van der Waals surface area contributed by atoms with Gasteiger partial charge in [-0.3, -0.25) is 0 Å². The van der Waals surface area contributed by atoms with Gasteiger partial charge in [-0.2, -0.15) is 0 Å². The van der Waals surface area contributed by atoms with E-state index in [2.05, 4.69) is 33.8 Å². The van der Waals surface area contributed by atoms with Crippen LogP contribution in [0.2, 0.25) is 0 Å². The van der Waals surface area contributed by atoms with Crippen LogP contribution in [0.15, 0.2) is 36.5 Å². The Morgan fingerprint density at radius 3 is 2.89 bits per heavy atom. The molecule has 0 bridgehead atoms. The van der Waals surface area contributed by atoms with Crippen LogP contribution < -0.4 is 10.6 Å². The summed E-state index contributed by atoms with van der Waals surface area (Å²) in [5.41, 5.74) is 5.31. The molecule has 0 spiro atoms. The molecule has 1 aromatic carbocycles. The summed E-state index contributed by atoms with van der Waals surface area (Å²) in [4.78, 5) is 4.24. The van der Waals surface area contributed by atoms with Crippen LogP contribution >= 0.6 is 0 Å². The number of nitrogens with one attached hydrogen (secondary N) is 2. The van der Waals surface area contributed by atoms with Crippen LogP contribution in [-0.2, 0) is 12.8 Å². The van der Waals surface area contributed by atoms with Crippen LogP contribution in [0, 0.1) is 0 Å². The number of aryl methyl sites for hydroxylation is 1. The van der Waals surface area contributed by atoms with Crippen molar-refractivity contribution in [2.24, 2.45) is 0 Å². The fraction of sp³-hybridized carbons (Fsp3) is 0.312. The first-order valence-corrected chi connectivity index (χ1v) is 6.88. The lowest BCUT2D eigenvalue weighted by Crippen LogP contribution is -2.06. The summed E-state index contributed by atoms with van der Waals surface area (Å²) < 4.78 is 0. The van der Waals surface area contributed by atoms with Gasteiger partial charge in [0.2, 0.25) is 0 Å². The molecule has 1 aliphatic carbocycles. The Hall–Kier alpha value is -2.03. The largest absolute Gasteiger partial charge is 0.373 e. The van der Waals surface area contributed by atoms with Gasteiger partial charge >= 0.3 is 0 Å². The molecule has 98 valence electrons. The summed E-state index contributed by atoms with van der Waals surface area (Å²) in [7, 11) is 1.89. The highest BCUT2D eigenvalue weighted by molar-refractivity contribution is 5.66. The minimum atomic E-state index is 0.884. The molecular weight excluding hydrogens is 234 g/mol. The molecule has 0 unspecified atom stereocenters. The summed E-state index contributed by atoms with van der Waals surface area (Å²) >= 11 is 0. The molecular formula is C16H19N3. The fourth-order valence-electron chi connectivity index (χ4n) is 2.70. The van der Waals surface area contributed by atoms with Gasteiger partial charge in [-0.25, -0.2) is 4.98 Å². The molecule has 0 radical (unpaired) electrons. The molecule has 3 rings (SSSR count). The first-order valence-electron chi connectivity index (χ1n) is 6.88. The highest BCUT2D eigenvalue weighted by Crippen LogP contribution is 2.30. The summed E-state index contributed by atoms with van der Waals surface area (Å²) in [6.07, 6.45) is 6.83. The van der Waals surface area contributed by atoms with Crippen LogP contribution in [0.5, 0.6) is 0 Å². The molecule has 0 saturated carbocycles. The zero-order valence-electron chi connectivity index (χ0n) is 11.2. The Morgan fingerprint density at radius 1 is 1.11 bits per heavy atom. The van der Waals surface area contributed by atoms with E-state index in [1.54, 1.807) is 0 Å². The minimum Gasteiger partial charge on any atom is -0.373 e. The van der Waals surface area contributed by atoms with Crippen molar-refractivity contribution in [3.63, 3.8) is 0 Å². The van der Waals surface area contributed by atoms with E-state index in [1.807, 2.05) is 25.4 Å². The Labute approximate surface area is 114 Å². The van der Waals surface area contributed by atoms with Crippen molar-refractivity contribution in [1.29, 1.82) is 0 Å². The second kappa shape index (κ2) is 5.31. The van der Waals surface area contributed by atoms with Crippen molar-refractivity contribution in [3.05, 3.63) is 47.7 Å². The van der Waals surface area contributed by atoms with Crippen molar-refractivity contribution in [1.82, 2.24) is 4.98 Å². The molecule has 2 N–H and O–H groups in total. The SMILES string of the molecule is CNc1cc(Nc2cccc3c2CCCC3)ccn1. The molecule has 3 heteroatoms. The Balaban J connectivity index is 1.90. The zero-order chi connectivity index (χ0) is 13.1. The number of aromatic nitrogens is 1. The molecule has 1 aliphatic rings. The van der Waals surface area contributed by atoms with Crippen molar-refractivity contribution in [2.75, 3.05) is 17.7 Å². The van der Waals surface area contributed by atoms with E-state index < -0.39 is 0 Å². The molecule has 0 saturated heterocycles. The molecule has 1 heterocycles. The molecule has 2 aromatic rings. The van der Waals surface area contributed by atoms with E-state index in [9.17, 15) is 0 Å². The van der Waals surface area contributed by atoms with E-state index in [0.29, 0.717) is 0 Å². The van der Waals surface area contributed by atoms with Crippen molar-refractivity contribution < 1.29 is 0 Å². The number of hydrogen-bond acceptors (Lipinski definition) is 3. The van der Waals surface area contributed by atoms with E-state index in [-0.39, 0.29) is 0 Å². The summed E-state index contributed by atoms with van der Waals surface area (Å²) in [5, 5.41) is 6.59. The Kier molecular flexibility index (Phi) is 3.36. The number of rotatable bonds is 3. The number of anilines is 3. The van der Waals surface area contributed by atoms with Gasteiger partial charge < -0.3 is 10.6 Å². The maximum Gasteiger partial charge on any atom is 0.127 e. The first-order chi connectivity index (χ1) is 9.36. The summed E-state index contributed by atoms with van der Waals surface area (Å²) in [5.74, 6) is 0.884. The van der Waals surface area contributed by atoms with Gasteiger partial charge in [-0.1, -0.05) is 12.1 Å². The highest BCUT2D eigenvalue weighted by Gasteiger charge is 2.12. The van der Waals surface area contributed by atoms with Gasteiger partial charge in [-0.15, -0.1) is 0 Å². The standard InChI is InChI=1S/C16H19N3/c1-17-16-11-13(9-10-18-16)19-15-8-4-6-12-5-2-3-7-14(12)15/h4,6,8-11H,2-3,5,7H2,1H3,(H2,17,18,19). The molecule has 1 aromatic heterocycles. The number of hydrogen-bond donors (Lipinski definition) is 2. The number of fused-ring (bicyclic) bond motifs is 1. The summed E-state index contributed by atoms with van der Waals surface area (Å²) in [6.45, 7) is 0. The average Bonchev–Trinajstić information content (AvgIpc) is 2.48. The maximum absolute atomic E-state index is 4.24. The monoisotopic (exact) mass is 253 g/mol. The predicted molar refractivity (Wildman–Crippen MR) is 80.2 cm³/mol. The van der Waals surface area contributed by atoms with Crippen molar-refractivity contribution >= 4 is 17.2 Å². The van der Waals surface area contributed by atoms with Crippen molar-refractivity contribution in [3.8, 4) is 0 Å². The molecule has 0 aliphatic heterocycles. The van der Waals surface area contributed by atoms with Crippen LogP contribution in [0.1, 0.15) is 24.0 Å². The maximum atomic E-state index is 4.24. The topological polar surface area (TPSA) is 37.0 Å². The second-order valence-electron chi connectivity index (χ2n) is 4.96.